The van der Waals surface area contributed by atoms with E-state index in [0.29, 0.717) is 38.2 Å². The molecule has 4 atom stereocenters. The van der Waals surface area contributed by atoms with Gasteiger partial charge >= 0.3 is 0 Å². The van der Waals surface area contributed by atoms with Crippen LogP contribution in [0.3, 0.4) is 0 Å². The average molecular weight is 1810 g/mol. The van der Waals surface area contributed by atoms with Crippen LogP contribution >= 0.6 is 71.4 Å². The molecule has 0 spiro atoms. The van der Waals surface area contributed by atoms with E-state index in [1.165, 1.54) is 147 Å². The number of thioether (sulfide) groups is 2. The number of thiol groups is 2. The Bertz CT molecular complexity index is 5280. The van der Waals surface area contributed by atoms with Gasteiger partial charge in [0.2, 0.25) is 0 Å². The summed E-state index contributed by atoms with van der Waals surface area (Å²) in [5.74, 6) is 2.57. The predicted octanol–water partition coefficient (Wildman–Crippen LogP) is 32.2. The third-order valence-electron chi connectivity index (χ3n) is 25.7. The Balaban J connectivity index is 0.000000260. The SMILES string of the molecule is CC(C)(C)c1cc(CI)c(O)c(-n2c3ccc(C(C)(C)C)cc3c3cc(C(C)(C)C)ccc32)c1.CC(C)(C)c1cc(CSC2CCCCCCC2SCc2cc(C(C)(C)C)cc(-n3c4ccc(C(C)(C)C)cc4c4cc(C(C)(C)C)ccc43)c2O)c(O)c(-n2c3ccc(C(C)(C)C)cc3c3cc(C(C)(C)C)ccc32)c1.SC1CCCCCCC1S.[B]. The monoisotopic (exact) mass is 1810 g/mol. The van der Waals surface area contributed by atoms with Gasteiger partial charge in [0.1, 0.15) is 17.2 Å². The summed E-state index contributed by atoms with van der Waals surface area (Å²) in [6.07, 6.45) is 15.2. The molecule has 12 heteroatoms. The Labute approximate surface area is 764 Å². The first-order valence-corrected chi connectivity index (χ1v) is 49.4. The zero-order valence-electron chi connectivity index (χ0n) is 78.6. The molecular formula is C109H144BIN3O3S4. The van der Waals surface area contributed by atoms with Crippen LogP contribution in [0.2, 0.25) is 0 Å². The summed E-state index contributed by atoms with van der Waals surface area (Å²) >= 11 is 15.4. The summed E-state index contributed by atoms with van der Waals surface area (Å²) < 4.78 is 7.72. The molecule has 0 aliphatic heterocycles. The molecule has 121 heavy (non-hydrogen) atoms. The number of phenols is 3. The quantitative estimate of drug-likeness (QED) is 0.0408. The van der Waals surface area contributed by atoms with Crippen molar-refractivity contribution in [3.05, 3.63) is 212 Å². The van der Waals surface area contributed by atoms with Gasteiger partial charge in [-0.2, -0.15) is 48.8 Å². The van der Waals surface area contributed by atoms with Gasteiger partial charge in [-0.05, 0) is 215 Å². The van der Waals surface area contributed by atoms with E-state index < -0.39 is 0 Å². The first-order chi connectivity index (χ1) is 55.7. The van der Waals surface area contributed by atoms with Crippen LogP contribution in [0.15, 0.2) is 146 Å². The molecule has 2 aliphatic rings. The van der Waals surface area contributed by atoms with Gasteiger partial charge in [-0.25, -0.2) is 0 Å². The molecule has 0 amide bonds. The van der Waals surface area contributed by atoms with Crippen LogP contribution in [-0.4, -0.2) is 58.4 Å². The van der Waals surface area contributed by atoms with E-state index in [2.05, 4.69) is 394 Å². The number of halogens is 1. The third kappa shape index (κ3) is 21.1. The molecule has 12 aromatic rings. The Hall–Kier alpha value is -6.03. The van der Waals surface area contributed by atoms with Crippen molar-refractivity contribution in [1.29, 1.82) is 0 Å². The van der Waals surface area contributed by atoms with Crippen molar-refractivity contribution in [1.82, 2.24) is 13.7 Å². The molecule has 3 aromatic heterocycles. The Morgan fingerprint density at radius 3 is 0.686 bits per heavy atom. The molecule has 0 saturated heterocycles. The molecule has 14 rings (SSSR count). The van der Waals surface area contributed by atoms with E-state index in [1.54, 1.807) is 0 Å². The number of benzene rings is 9. The van der Waals surface area contributed by atoms with Crippen molar-refractivity contribution in [2.24, 2.45) is 0 Å². The first-order valence-electron chi connectivity index (χ1n) is 44.8. The number of aromatic hydroxyl groups is 3. The molecule has 2 aliphatic carbocycles. The molecule has 3 radical (unpaired) electrons. The molecular weight excluding hydrogens is 1670 g/mol. The highest BCUT2D eigenvalue weighted by molar-refractivity contribution is 14.1. The molecule has 4 unspecified atom stereocenters. The summed E-state index contributed by atoms with van der Waals surface area (Å²) in [4.78, 5) is 0. The lowest BCUT2D eigenvalue weighted by Crippen LogP contribution is -2.22. The van der Waals surface area contributed by atoms with Crippen LogP contribution in [0.5, 0.6) is 17.2 Å². The van der Waals surface area contributed by atoms with Gasteiger partial charge in [0, 0.05) is 94.4 Å². The van der Waals surface area contributed by atoms with Crippen molar-refractivity contribution in [3.8, 4) is 34.3 Å². The summed E-state index contributed by atoms with van der Waals surface area (Å²) in [6.45, 7) is 61.5. The number of nitrogens with zero attached hydrogens (tertiary/aromatic N) is 3. The number of phenolic OH excluding ortho intramolecular Hbond substituents is 3. The maximum absolute atomic E-state index is 12.8. The molecule has 3 N–H and O–H groups in total. The minimum Gasteiger partial charge on any atom is -0.505 e. The number of hydrogen-bond acceptors (Lipinski definition) is 7. The lowest BCUT2D eigenvalue weighted by Gasteiger charge is -2.30. The van der Waals surface area contributed by atoms with Crippen LogP contribution in [0.25, 0.3) is 82.5 Å². The van der Waals surface area contributed by atoms with Crippen molar-refractivity contribution in [2.45, 2.75) is 350 Å². The number of alkyl halides is 1. The molecule has 9 aromatic carbocycles. The van der Waals surface area contributed by atoms with E-state index in [9.17, 15) is 15.3 Å². The highest BCUT2D eigenvalue weighted by atomic mass is 127. The number of aromatic nitrogens is 3. The van der Waals surface area contributed by atoms with Crippen molar-refractivity contribution >= 4 is 145 Å². The van der Waals surface area contributed by atoms with Crippen molar-refractivity contribution in [2.75, 3.05) is 0 Å². The van der Waals surface area contributed by atoms with E-state index >= 15 is 0 Å². The van der Waals surface area contributed by atoms with Crippen LogP contribution in [0.4, 0.5) is 0 Å². The average Bonchev–Trinajstić information content (AvgIpc) is 1.58. The standard InChI is InChI=1S/C70H90N2O2S2.C31H38INO.C8H16S2.B/c1-65(2,3)45-25-29-55-51(35-45)52-36-46(66(4,5)6)26-30-56(52)71(55)59-39-49(69(13,14)15)33-43(63(59)73)41-75-61-23-21-19-20-22-24-62(61)76-42-44-34-50(70(16,17)18)40-60(64(44)74)72-57-31-27-47(67(7,8)9)37-53(57)54-38-48(68(10,11)12)28-32-58(54)72;1-29(2,3)20-10-12-25-23(15-20)24-16-21(30(4,5)6)11-13-26(24)33(25)27-17-22(31(7,8)9)14-19(18-32)28(27)34;9-7-5-3-1-2-4-6-8(7)10;/h25-40,61-62,73-74H,19-24,41-42H2,1-18H3;10-17,34H,18H2,1-9H3;7-10H,1-6H2;. The molecule has 2 saturated carbocycles. The Morgan fingerprint density at radius 2 is 0.479 bits per heavy atom. The van der Waals surface area contributed by atoms with Gasteiger partial charge in [0.25, 0.3) is 0 Å². The number of hydrogen-bond donors (Lipinski definition) is 5. The summed E-state index contributed by atoms with van der Waals surface area (Å²) in [6, 6.07) is 54.9. The van der Waals surface area contributed by atoms with E-state index in [0.717, 1.165) is 95.6 Å². The molecule has 6 nitrogen and oxygen atoms in total. The molecule has 3 heterocycles. The largest absolute Gasteiger partial charge is 0.505 e. The van der Waals surface area contributed by atoms with E-state index in [-0.39, 0.29) is 57.1 Å². The van der Waals surface area contributed by atoms with Crippen LogP contribution in [-0.2, 0) is 64.7 Å². The third-order valence-corrected chi connectivity index (χ3v) is 31.1. The maximum atomic E-state index is 12.8. The highest BCUT2D eigenvalue weighted by Crippen LogP contribution is 2.50. The summed E-state index contributed by atoms with van der Waals surface area (Å²) in [5.41, 5.74) is 23.7. The van der Waals surface area contributed by atoms with E-state index in [4.69, 9.17) is 0 Å². The van der Waals surface area contributed by atoms with Gasteiger partial charge in [-0.15, -0.1) is 0 Å². The second kappa shape index (κ2) is 36.4. The smallest absolute Gasteiger partial charge is 0.143 e. The van der Waals surface area contributed by atoms with Crippen molar-refractivity contribution in [3.63, 3.8) is 0 Å². The number of fused-ring (bicyclic) bond motifs is 9. The van der Waals surface area contributed by atoms with Gasteiger partial charge in [0.15, 0.2) is 0 Å². The van der Waals surface area contributed by atoms with Gasteiger partial charge in [-0.3, -0.25) is 0 Å². The first kappa shape index (κ1) is 95.6. The van der Waals surface area contributed by atoms with Crippen LogP contribution in [0.1, 0.15) is 331 Å². The fourth-order valence-corrected chi connectivity index (χ4v) is 21.8. The molecule has 647 valence electrons. The minimum atomic E-state index is -0.134. The second-order valence-corrected chi connectivity index (χ2v) is 49.2. The van der Waals surface area contributed by atoms with Crippen LogP contribution < -0.4 is 0 Å². The Kier molecular flexibility index (Phi) is 28.7. The lowest BCUT2D eigenvalue weighted by atomic mass is 9.85. The fraction of sp³-hybridized carbons (Fsp3) is 0.505. The normalized spacial score (nSPS) is 17.3. The van der Waals surface area contributed by atoms with Gasteiger partial charge in [0.05, 0.1) is 50.2 Å². The predicted molar refractivity (Wildman–Crippen MR) is 550 cm³/mol. The van der Waals surface area contributed by atoms with Crippen LogP contribution in [0, 0.1) is 0 Å². The second-order valence-electron chi connectivity index (χ2n) is 44.6. The van der Waals surface area contributed by atoms with Gasteiger partial charge in [-0.1, -0.05) is 315 Å². The Morgan fingerprint density at radius 1 is 0.281 bits per heavy atom. The maximum Gasteiger partial charge on any atom is 0.143 e. The summed E-state index contributed by atoms with van der Waals surface area (Å²) in [7, 11) is 0. The molecule has 0 bridgehead atoms. The van der Waals surface area contributed by atoms with E-state index in [1.807, 2.05) is 23.5 Å². The fourth-order valence-electron chi connectivity index (χ4n) is 17.5. The lowest BCUT2D eigenvalue weighted by molar-refractivity contribution is 0.466. The highest BCUT2D eigenvalue weighted by Gasteiger charge is 2.33. The van der Waals surface area contributed by atoms with Gasteiger partial charge < -0.3 is 29.0 Å². The summed E-state index contributed by atoms with van der Waals surface area (Å²) in [5, 5.41) is 46.2. The zero-order valence-corrected chi connectivity index (χ0v) is 84.2. The zero-order chi connectivity index (χ0) is 87.9. The number of rotatable bonds is 10. The molecule has 2 fully saturated rings. The minimum absolute atomic E-state index is 0. The topological polar surface area (TPSA) is 75.5 Å². The van der Waals surface area contributed by atoms with Crippen molar-refractivity contribution < 1.29 is 15.3 Å².